The number of aromatic nitrogens is 3. The maximum absolute atomic E-state index is 13.5. The van der Waals surface area contributed by atoms with E-state index in [9.17, 15) is 18.0 Å². The highest BCUT2D eigenvalue weighted by molar-refractivity contribution is 6.02. The molecular formula is C27H23F3N4O2. The second-order valence-electron chi connectivity index (χ2n) is 8.95. The fraction of sp³-hybridized carbons (Fsp3) is 0.222. The van der Waals surface area contributed by atoms with Crippen LogP contribution in [-0.2, 0) is 11.0 Å². The predicted molar refractivity (Wildman–Crippen MR) is 130 cm³/mol. The van der Waals surface area contributed by atoms with Crippen LogP contribution in [0.15, 0.2) is 73.7 Å². The predicted octanol–water partition coefficient (Wildman–Crippen LogP) is 5.87. The molecule has 1 aromatic carbocycles. The maximum Gasteiger partial charge on any atom is 0.416 e. The number of alkyl halides is 3. The van der Waals surface area contributed by atoms with Gasteiger partial charge >= 0.3 is 6.18 Å². The van der Waals surface area contributed by atoms with Crippen LogP contribution >= 0.6 is 0 Å². The average Bonchev–Trinajstić information content (AvgIpc) is 3.25. The molecule has 0 bridgehead atoms. The monoisotopic (exact) mass is 492 g/mol. The average molecular weight is 493 g/mol. The fourth-order valence-corrected chi connectivity index (χ4v) is 4.53. The Hall–Kier alpha value is -4.14. The smallest absolute Gasteiger partial charge is 0.416 e. The zero-order chi connectivity index (χ0) is 25.5. The molecule has 6 nitrogen and oxygen atoms in total. The van der Waals surface area contributed by atoms with Gasteiger partial charge in [-0.05, 0) is 55.3 Å². The molecule has 1 aliphatic heterocycles. The molecule has 36 heavy (non-hydrogen) atoms. The summed E-state index contributed by atoms with van der Waals surface area (Å²) in [5.41, 5.74) is 2.09. The van der Waals surface area contributed by atoms with Crippen molar-refractivity contribution in [2.24, 2.45) is 0 Å². The Morgan fingerprint density at radius 2 is 2.08 bits per heavy atom. The molecule has 0 aliphatic carbocycles. The quantitative estimate of drug-likeness (QED) is 0.342. The van der Waals surface area contributed by atoms with Crippen LogP contribution in [0.25, 0.3) is 33.4 Å². The zero-order valence-corrected chi connectivity index (χ0v) is 19.5. The van der Waals surface area contributed by atoms with Crippen LogP contribution in [0.5, 0.6) is 5.75 Å². The number of halogens is 3. The molecule has 1 N–H and O–H groups in total. The summed E-state index contributed by atoms with van der Waals surface area (Å²) in [6, 6.07) is 10.5. The minimum atomic E-state index is -4.48. The molecule has 0 spiro atoms. The van der Waals surface area contributed by atoms with Gasteiger partial charge in [-0.3, -0.25) is 14.8 Å². The standard InChI is InChI=1S/C27H23F3N4O2/c1-3-22(35)34-13-10-26(34,2)16-36-21-15-31-12-9-19(21)24-23(25-20(33-24)8-5-11-32-25)17-6-4-7-18(14-17)27(28,29)30/h3-9,11-12,14-15,33H,1,10,13,16H2,2H3/t26-/m0/s1. The summed E-state index contributed by atoms with van der Waals surface area (Å²) >= 11 is 0. The summed E-state index contributed by atoms with van der Waals surface area (Å²) in [6.07, 6.45) is 2.33. The molecule has 1 atom stereocenters. The van der Waals surface area contributed by atoms with E-state index in [1.807, 2.05) is 13.0 Å². The van der Waals surface area contributed by atoms with Crippen molar-refractivity contribution in [1.82, 2.24) is 19.9 Å². The number of carbonyl (C=O) groups is 1. The number of ether oxygens (including phenoxy) is 1. The summed E-state index contributed by atoms with van der Waals surface area (Å²) in [5.74, 6) is 0.281. The van der Waals surface area contributed by atoms with Crippen LogP contribution in [0.3, 0.4) is 0 Å². The lowest BCUT2D eigenvalue weighted by Gasteiger charge is -2.49. The number of pyridine rings is 2. The van der Waals surface area contributed by atoms with Crippen molar-refractivity contribution >= 4 is 16.9 Å². The molecule has 0 unspecified atom stereocenters. The van der Waals surface area contributed by atoms with Crippen LogP contribution < -0.4 is 4.74 Å². The second-order valence-corrected chi connectivity index (χ2v) is 8.95. The first kappa shape index (κ1) is 23.6. The largest absolute Gasteiger partial charge is 0.489 e. The number of carbonyl (C=O) groups excluding carboxylic acids is 1. The molecule has 0 saturated carbocycles. The van der Waals surface area contributed by atoms with E-state index in [1.54, 1.807) is 41.7 Å². The van der Waals surface area contributed by atoms with E-state index in [0.717, 1.165) is 18.6 Å². The first-order valence-corrected chi connectivity index (χ1v) is 11.4. The molecule has 9 heteroatoms. The number of likely N-dealkylation sites (tertiary alicyclic amines) is 1. The molecule has 3 aromatic heterocycles. The molecule has 1 aliphatic rings. The Balaban J connectivity index is 1.58. The van der Waals surface area contributed by atoms with Gasteiger partial charge in [-0.15, -0.1) is 0 Å². The van der Waals surface area contributed by atoms with Crippen LogP contribution in [-0.4, -0.2) is 44.4 Å². The fourth-order valence-electron chi connectivity index (χ4n) is 4.53. The molecule has 1 saturated heterocycles. The Morgan fingerprint density at radius 1 is 1.25 bits per heavy atom. The Labute approximate surface area is 205 Å². The third kappa shape index (κ3) is 4.10. The highest BCUT2D eigenvalue weighted by atomic mass is 19.4. The molecule has 0 radical (unpaired) electrons. The lowest BCUT2D eigenvalue weighted by Crippen LogP contribution is -2.62. The number of nitrogens with one attached hydrogen (secondary N) is 1. The number of hydrogen-bond acceptors (Lipinski definition) is 4. The lowest BCUT2D eigenvalue weighted by atomic mass is 9.87. The minimum Gasteiger partial charge on any atom is -0.489 e. The number of amides is 1. The highest BCUT2D eigenvalue weighted by Crippen LogP contribution is 2.42. The molecular weight excluding hydrogens is 469 g/mol. The topological polar surface area (TPSA) is 71.1 Å². The molecule has 4 heterocycles. The first-order chi connectivity index (χ1) is 17.2. The lowest BCUT2D eigenvalue weighted by molar-refractivity contribution is -0.143. The Bertz CT molecular complexity index is 1460. The molecule has 4 aromatic rings. The van der Waals surface area contributed by atoms with E-state index in [-0.39, 0.29) is 12.5 Å². The van der Waals surface area contributed by atoms with Gasteiger partial charge in [-0.1, -0.05) is 18.7 Å². The SMILES string of the molecule is C=CC(=O)N1CC[C@@]1(C)COc1cnccc1-c1[nH]c2cccnc2c1-c1cccc(C(F)(F)F)c1. The van der Waals surface area contributed by atoms with Gasteiger partial charge in [0.1, 0.15) is 12.4 Å². The third-order valence-corrected chi connectivity index (χ3v) is 6.59. The number of benzene rings is 1. The normalized spacial score (nSPS) is 17.6. The van der Waals surface area contributed by atoms with Gasteiger partial charge in [0.25, 0.3) is 0 Å². The van der Waals surface area contributed by atoms with Crippen molar-refractivity contribution < 1.29 is 22.7 Å². The van der Waals surface area contributed by atoms with Gasteiger partial charge in [0.05, 0.1) is 34.0 Å². The number of nitrogens with zero attached hydrogens (tertiary/aromatic N) is 3. The van der Waals surface area contributed by atoms with E-state index in [2.05, 4.69) is 21.5 Å². The van der Waals surface area contributed by atoms with Crippen LogP contribution in [0.2, 0.25) is 0 Å². The maximum atomic E-state index is 13.5. The van der Waals surface area contributed by atoms with E-state index in [0.29, 0.717) is 45.7 Å². The number of H-pyrrole nitrogens is 1. The van der Waals surface area contributed by atoms with Crippen molar-refractivity contribution in [2.45, 2.75) is 25.1 Å². The zero-order valence-electron chi connectivity index (χ0n) is 19.5. The highest BCUT2D eigenvalue weighted by Gasteiger charge is 2.43. The van der Waals surface area contributed by atoms with Crippen LogP contribution in [0.1, 0.15) is 18.9 Å². The van der Waals surface area contributed by atoms with Crippen molar-refractivity contribution in [3.8, 4) is 28.1 Å². The van der Waals surface area contributed by atoms with Gasteiger partial charge in [-0.2, -0.15) is 13.2 Å². The van der Waals surface area contributed by atoms with Gasteiger partial charge in [-0.25, -0.2) is 0 Å². The van der Waals surface area contributed by atoms with Crippen molar-refractivity contribution in [3.05, 3.63) is 79.3 Å². The molecule has 5 rings (SSSR count). The van der Waals surface area contributed by atoms with Gasteiger partial charge in [0.2, 0.25) is 5.91 Å². The van der Waals surface area contributed by atoms with Crippen LogP contribution in [0.4, 0.5) is 13.2 Å². The van der Waals surface area contributed by atoms with Crippen molar-refractivity contribution in [1.29, 1.82) is 0 Å². The number of fused-ring (bicyclic) bond motifs is 1. The van der Waals surface area contributed by atoms with E-state index < -0.39 is 17.3 Å². The third-order valence-electron chi connectivity index (χ3n) is 6.59. The molecule has 1 amide bonds. The minimum absolute atomic E-state index is 0.160. The number of rotatable bonds is 6. The van der Waals surface area contributed by atoms with Gasteiger partial charge in [0, 0.05) is 30.1 Å². The summed E-state index contributed by atoms with van der Waals surface area (Å²) in [6.45, 7) is 6.35. The summed E-state index contributed by atoms with van der Waals surface area (Å²) in [4.78, 5) is 25.8. The van der Waals surface area contributed by atoms with Crippen molar-refractivity contribution in [3.63, 3.8) is 0 Å². The van der Waals surface area contributed by atoms with Gasteiger partial charge in [0.15, 0.2) is 0 Å². The van der Waals surface area contributed by atoms with E-state index >= 15 is 0 Å². The summed E-state index contributed by atoms with van der Waals surface area (Å²) in [5, 5.41) is 0. The Kier molecular flexibility index (Phi) is 5.78. The van der Waals surface area contributed by atoms with Crippen molar-refractivity contribution in [2.75, 3.05) is 13.2 Å². The molecule has 1 fully saturated rings. The number of hydrogen-bond donors (Lipinski definition) is 1. The Morgan fingerprint density at radius 3 is 2.81 bits per heavy atom. The second kappa shape index (κ2) is 8.82. The van der Waals surface area contributed by atoms with E-state index in [4.69, 9.17) is 4.74 Å². The first-order valence-electron chi connectivity index (χ1n) is 11.4. The molecule has 184 valence electrons. The van der Waals surface area contributed by atoms with Crippen LogP contribution in [0, 0.1) is 0 Å². The van der Waals surface area contributed by atoms with Gasteiger partial charge < -0.3 is 14.6 Å². The van der Waals surface area contributed by atoms with E-state index in [1.165, 1.54) is 12.1 Å². The summed E-state index contributed by atoms with van der Waals surface area (Å²) < 4.78 is 46.6. The number of aromatic amines is 1. The summed E-state index contributed by atoms with van der Waals surface area (Å²) in [7, 11) is 0.